The lowest BCUT2D eigenvalue weighted by Gasteiger charge is -2.32. The van der Waals surface area contributed by atoms with Crippen LogP contribution in [0.25, 0.3) is 5.65 Å². The summed E-state index contributed by atoms with van der Waals surface area (Å²) in [5.74, 6) is 1.32. The van der Waals surface area contributed by atoms with Gasteiger partial charge >= 0.3 is 6.09 Å². The van der Waals surface area contributed by atoms with Crippen molar-refractivity contribution < 1.29 is 14.3 Å². The van der Waals surface area contributed by atoms with E-state index in [-0.39, 0.29) is 12.2 Å². The molecule has 1 saturated heterocycles. The van der Waals surface area contributed by atoms with E-state index in [0.717, 1.165) is 28.6 Å². The molecule has 4 rings (SSSR count). The van der Waals surface area contributed by atoms with Gasteiger partial charge in [0.15, 0.2) is 5.65 Å². The Morgan fingerprint density at radius 2 is 2.04 bits per heavy atom. The fourth-order valence-corrected chi connectivity index (χ4v) is 4.25. The average molecular weight is 372 g/mol. The molecule has 0 radical (unpaired) electrons. The molecule has 0 N–H and O–H groups in total. The van der Waals surface area contributed by atoms with Gasteiger partial charge in [-0.05, 0) is 31.7 Å². The minimum absolute atomic E-state index is 0.235. The Balaban J connectivity index is 1.65. The number of aromatic nitrogens is 3. The van der Waals surface area contributed by atoms with Gasteiger partial charge < -0.3 is 14.4 Å². The summed E-state index contributed by atoms with van der Waals surface area (Å²) in [6, 6.07) is 4.14. The molecule has 27 heavy (non-hydrogen) atoms. The van der Waals surface area contributed by atoms with Crippen LogP contribution in [0.3, 0.4) is 0 Å². The maximum atomic E-state index is 11.9. The number of aryl methyl sites for hydroxylation is 1. The first-order valence-corrected chi connectivity index (χ1v) is 9.87. The molecule has 1 amide bonds. The van der Waals surface area contributed by atoms with Crippen molar-refractivity contribution in [3.8, 4) is 0 Å². The summed E-state index contributed by atoms with van der Waals surface area (Å²) in [5, 5.41) is 4.91. The maximum Gasteiger partial charge on any atom is 0.409 e. The average Bonchev–Trinajstić information content (AvgIpc) is 3.11. The third-order valence-electron chi connectivity index (χ3n) is 5.86. The molecule has 2 aromatic heterocycles. The number of carbonyl (C=O) groups is 1. The highest BCUT2D eigenvalue weighted by Crippen LogP contribution is 2.35. The van der Waals surface area contributed by atoms with Gasteiger partial charge in [0, 0.05) is 24.2 Å². The van der Waals surface area contributed by atoms with Gasteiger partial charge in [-0.25, -0.2) is 14.3 Å². The van der Waals surface area contributed by atoms with Crippen LogP contribution in [0.1, 0.15) is 61.7 Å². The fourth-order valence-electron chi connectivity index (χ4n) is 4.25. The summed E-state index contributed by atoms with van der Waals surface area (Å²) in [7, 11) is 1.41. The lowest BCUT2D eigenvalue weighted by molar-refractivity contribution is -0.0287. The van der Waals surface area contributed by atoms with Gasteiger partial charge in [0.25, 0.3) is 0 Å². The van der Waals surface area contributed by atoms with Crippen LogP contribution in [0.2, 0.25) is 0 Å². The zero-order valence-electron chi connectivity index (χ0n) is 16.4. The van der Waals surface area contributed by atoms with Crippen molar-refractivity contribution in [2.75, 3.05) is 26.8 Å². The van der Waals surface area contributed by atoms with Crippen molar-refractivity contribution in [3.05, 3.63) is 29.2 Å². The van der Waals surface area contributed by atoms with Gasteiger partial charge in [-0.15, -0.1) is 0 Å². The SMILES string of the molecule is COC(=O)N1CCO[C@@H](c2cc(C)nc3cc(C4CCC(C)CC4)nn23)C1. The van der Waals surface area contributed by atoms with Gasteiger partial charge in [0.2, 0.25) is 0 Å². The van der Waals surface area contributed by atoms with Crippen LogP contribution in [-0.2, 0) is 9.47 Å². The number of morpholine rings is 1. The first kappa shape index (κ1) is 18.2. The molecule has 0 spiro atoms. The standard InChI is InChI=1S/C20H28N4O3/c1-13-4-6-15(7-5-13)16-11-19-21-14(2)10-17(24(19)22-16)18-12-23(8-9-27-18)20(25)26-3/h10-11,13,15,18H,4-9,12H2,1-3H3/t13?,15?,18-/m1/s1. The highest BCUT2D eigenvalue weighted by Gasteiger charge is 2.29. The second kappa shape index (κ2) is 7.46. The zero-order chi connectivity index (χ0) is 19.0. The summed E-state index contributed by atoms with van der Waals surface area (Å²) in [6.07, 6.45) is 4.35. The number of hydrogen-bond donors (Lipinski definition) is 0. The van der Waals surface area contributed by atoms with Crippen LogP contribution >= 0.6 is 0 Å². The summed E-state index contributed by atoms with van der Waals surface area (Å²) in [4.78, 5) is 18.3. The first-order chi connectivity index (χ1) is 13.0. The second-order valence-electron chi connectivity index (χ2n) is 7.89. The van der Waals surface area contributed by atoms with Crippen molar-refractivity contribution >= 4 is 11.7 Å². The second-order valence-corrected chi connectivity index (χ2v) is 7.89. The van der Waals surface area contributed by atoms with E-state index >= 15 is 0 Å². The molecule has 1 aliphatic heterocycles. The molecular weight excluding hydrogens is 344 g/mol. The number of rotatable bonds is 2. The molecule has 2 aromatic rings. The Labute approximate surface area is 159 Å². The molecule has 2 aliphatic rings. The third kappa shape index (κ3) is 3.65. The number of nitrogens with zero attached hydrogens (tertiary/aromatic N) is 4. The van der Waals surface area contributed by atoms with E-state index in [9.17, 15) is 4.79 Å². The summed E-state index contributed by atoms with van der Waals surface area (Å²) < 4.78 is 12.8. The van der Waals surface area contributed by atoms with E-state index in [4.69, 9.17) is 14.6 Å². The number of hydrogen-bond acceptors (Lipinski definition) is 5. The highest BCUT2D eigenvalue weighted by molar-refractivity contribution is 5.67. The van der Waals surface area contributed by atoms with Crippen LogP contribution in [0.15, 0.2) is 12.1 Å². The molecular formula is C20H28N4O3. The molecule has 146 valence electrons. The number of methoxy groups -OCH3 is 1. The smallest absolute Gasteiger partial charge is 0.409 e. The molecule has 0 bridgehead atoms. The van der Waals surface area contributed by atoms with E-state index in [2.05, 4.69) is 18.0 Å². The van der Waals surface area contributed by atoms with E-state index < -0.39 is 0 Å². The van der Waals surface area contributed by atoms with E-state index in [0.29, 0.717) is 25.6 Å². The van der Waals surface area contributed by atoms with Crippen molar-refractivity contribution in [1.82, 2.24) is 19.5 Å². The minimum Gasteiger partial charge on any atom is -0.453 e. The van der Waals surface area contributed by atoms with Gasteiger partial charge in [-0.3, -0.25) is 0 Å². The maximum absolute atomic E-state index is 11.9. The molecule has 0 aromatic carbocycles. The highest BCUT2D eigenvalue weighted by atomic mass is 16.5. The molecule has 1 atom stereocenters. The predicted molar refractivity (Wildman–Crippen MR) is 101 cm³/mol. The Kier molecular flexibility index (Phi) is 5.04. The summed E-state index contributed by atoms with van der Waals surface area (Å²) in [5.41, 5.74) is 3.86. The molecule has 0 unspecified atom stereocenters. The molecule has 2 fully saturated rings. The largest absolute Gasteiger partial charge is 0.453 e. The Morgan fingerprint density at radius 3 is 2.78 bits per heavy atom. The van der Waals surface area contributed by atoms with Crippen molar-refractivity contribution in [2.24, 2.45) is 5.92 Å². The Hall–Kier alpha value is -2.15. The van der Waals surface area contributed by atoms with E-state index in [1.807, 2.05) is 17.5 Å². The van der Waals surface area contributed by atoms with Crippen molar-refractivity contribution in [1.29, 1.82) is 0 Å². The first-order valence-electron chi connectivity index (χ1n) is 9.87. The monoisotopic (exact) mass is 372 g/mol. The summed E-state index contributed by atoms with van der Waals surface area (Å²) in [6.45, 7) is 5.80. The number of amides is 1. The number of fused-ring (bicyclic) bond motifs is 1. The van der Waals surface area contributed by atoms with Gasteiger partial charge in [0.1, 0.15) is 6.10 Å². The van der Waals surface area contributed by atoms with E-state index in [1.54, 1.807) is 4.90 Å². The van der Waals surface area contributed by atoms with Crippen LogP contribution < -0.4 is 0 Å². The fraction of sp³-hybridized carbons (Fsp3) is 0.650. The molecule has 7 nitrogen and oxygen atoms in total. The molecule has 1 aliphatic carbocycles. The van der Waals surface area contributed by atoms with E-state index in [1.165, 1.54) is 32.8 Å². The quantitative estimate of drug-likeness (QED) is 0.807. The van der Waals surface area contributed by atoms with Crippen molar-refractivity contribution in [2.45, 2.75) is 51.6 Å². The predicted octanol–water partition coefficient (Wildman–Crippen LogP) is 3.47. The normalized spacial score (nSPS) is 26.3. The molecule has 1 saturated carbocycles. The Bertz CT molecular complexity index is 826. The summed E-state index contributed by atoms with van der Waals surface area (Å²) >= 11 is 0. The van der Waals surface area contributed by atoms with Crippen molar-refractivity contribution in [3.63, 3.8) is 0 Å². The van der Waals surface area contributed by atoms with Gasteiger partial charge in [-0.2, -0.15) is 5.10 Å². The van der Waals surface area contributed by atoms with Crippen LogP contribution in [0.4, 0.5) is 4.79 Å². The molecule has 7 heteroatoms. The molecule has 3 heterocycles. The third-order valence-corrected chi connectivity index (χ3v) is 5.86. The van der Waals surface area contributed by atoms with Crippen LogP contribution in [-0.4, -0.2) is 52.4 Å². The van der Waals surface area contributed by atoms with Crippen LogP contribution in [0, 0.1) is 12.8 Å². The number of ether oxygens (including phenoxy) is 2. The minimum atomic E-state index is -0.317. The lowest BCUT2D eigenvalue weighted by Crippen LogP contribution is -2.42. The topological polar surface area (TPSA) is 69.0 Å². The zero-order valence-corrected chi connectivity index (χ0v) is 16.4. The van der Waals surface area contributed by atoms with Gasteiger partial charge in [0.05, 0.1) is 31.6 Å². The van der Waals surface area contributed by atoms with Crippen LogP contribution in [0.5, 0.6) is 0 Å². The Morgan fingerprint density at radius 1 is 1.26 bits per heavy atom. The van der Waals surface area contributed by atoms with Gasteiger partial charge in [-0.1, -0.05) is 19.8 Å². The lowest BCUT2D eigenvalue weighted by atomic mass is 9.81. The number of carbonyl (C=O) groups excluding carboxylic acids is 1.